The number of nitrogens with zero attached hydrogens (tertiary/aromatic N) is 1. The number of hydrogen-bond acceptors (Lipinski definition) is 2. The van der Waals surface area contributed by atoms with Crippen LogP contribution < -0.4 is 5.32 Å². The minimum atomic E-state index is -0.731. The van der Waals surface area contributed by atoms with Crippen molar-refractivity contribution >= 4 is 5.91 Å². The molecule has 3 heteroatoms. The number of amides is 1. The van der Waals surface area contributed by atoms with Gasteiger partial charge in [-0.1, -0.05) is 51.1 Å². The first-order valence-electron chi connectivity index (χ1n) is 6.89. The van der Waals surface area contributed by atoms with Crippen molar-refractivity contribution in [3.63, 3.8) is 0 Å². The third kappa shape index (κ3) is 3.57. The summed E-state index contributed by atoms with van der Waals surface area (Å²) >= 11 is 0. The van der Waals surface area contributed by atoms with Gasteiger partial charge in [0, 0.05) is 5.54 Å². The van der Waals surface area contributed by atoms with E-state index in [0.717, 1.165) is 24.8 Å². The number of hydrogen-bond donors (Lipinski definition) is 1. The first kappa shape index (κ1) is 15.2. The van der Waals surface area contributed by atoms with Crippen molar-refractivity contribution < 1.29 is 4.79 Å². The lowest BCUT2D eigenvalue weighted by Crippen LogP contribution is -2.48. The molecule has 1 unspecified atom stereocenters. The van der Waals surface area contributed by atoms with Gasteiger partial charge in [-0.25, -0.2) is 0 Å². The Morgan fingerprint density at radius 2 is 1.74 bits per heavy atom. The van der Waals surface area contributed by atoms with E-state index in [4.69, 9.17) is 0 Å². The van der Waals surface area contributed by atoms with Crippen molar-refractivity contribution in [2.24, 2.45) is 0 Å². The number of benzene rings is 1. The van der Waals surface area contributed by atoms with Gasteiger partial charge in [-0.2, -0.15) is 5.26 Å². The number of carbonyl (C=O) groups is 1. The molecule has 0 aliphatic rings. The van der Waals surface area contributed by atoms with E-state index in [1.807, 2.05) is 30.3 Å². The van der Waals surface area contributed by atoms with Gasteiger partial charge >= 0.3 is 0 Å². The molecule has 1 aromatic carbocycles. The van der Waals surface area contributed by atoms with Crippen LogP contribution in [-0.4, -0.2) is 11.4 Å². The Morgan fingerprint density at radius 3 is 2.16 bits per heavy atom. The predicted octanol–water partition coefficient (Wildman–Crippen LogP) is 3.38. The largest absolute Gasteiger partial charge is 0.349 e. The number of nitrogens with one attached hydrogen (secondary N) is 1. The Balaban J connectivity index is 2.90. The van der Waals surface area contributed by atoms with Crippen LogP contribution in [0.4, 0.5) is 0 Å². The van der Waals surface area contributed by atoms with Crippen LogP contribution in [0.5, 0.6) is 0 Å². The van der Waals surface area contributed by atoms with E-state index >= 15 is 0 Å². The van der Waals surface area contributed by atoms with Gasteiger partial charge in [-0.15, -0.1) is 0 Å². The molecule has 0 heterocycles. The zero-order valence-corrected chi connectivity index (χ0v) is 11.9. The van der Waals surface area contributed by atoms with Gasteiger partial charge in [0.25, 0.3) is 0 Å². The molecule has 1 amide bonds. The Labute approximate surface area is 115 Å². The van der Waals surface area contributed by atoms with Crippen molar-refractivity contribution in [3.05, 3.63) is 35.9 Å². The van der Waals surface area contributed by atoms with Gasteiger partial charge in [0.15, 0.2) is 0 Å². The molecule has 0 spiro atoms. The van der Waals surface area contributed by atoms with Gasteiger partial charge in [-0.05, 0) is 24.8 Å². The van der Waals surface area contributed by atoms with E-state index in [9.17, 15) is 10.1 Å². The summed E-state index contributed by atoms with van der Waals surface area (Å²) in [5.41, 5.74) is 0.556. The van der Waals surface area contributed by atoms with E-state index in [2.05, 4.69) is 32.2 Å². The fraction of sp³-hybridized carbons (Fsp3) is 0.500. The summed E-state index contributed by atoms with van der Waals surface area (Å²) in [5.74, 6) is -0.926. The summed E-state index contributed by atoms with van der Waals surface area (Å²) in [5, 5.41) is 12.3. The summed E-state index contributed by atoms with van der Waals surface area (Å²) in [4.78, 5) is 12.3. The summed E-state index contributed by atoms with van der Waals surface area (Å²) in [6.45, 7) is 6.20. The number of rotatable bonds is 6. The third-order valence-corrected chi connectivity index (χ3v) is 3.94. The topological polar surface area (TPSA) is 52.9 Å². The minimum absolute atomic E-state index is 0.193. The Hall–Kier alpha value is -1.82. The molecule has 1 atom stereocenters. The second-order valence-electron chi connectivity index (χ2n) is 4.80. The molecule has 0 aliphatic heterocycles. The maximum atomic E-state index is 12.3. The van der Waals surface area contributed by atoms with E-state index in [0.29, 0.717) is 0 Å². The van der Waals surface area contributed by atoms with E-state index in [1.54, 1.807) is 0 Å². The van der Waals surface area contributed by atoms with Crippen LogP contribution in [0.25, 0.3) is 0 Å². The highest BCUT2D eigenvalue weighted by molar-refractivity contribution is 5.87. The van der Waals surface area contributed by atoms with Crippen molar-refractivity contribution in [2.75, 3.05) is 0 Å². The normalized spacial score (nSPS) is 12.5. The SMILES string of the molecule is CCC(CC)(CC)NC(=O)C(C#N)c1ccccc1. The van der Waals surface area contributed by atoms with Crippen LogP contribution in [-0.2, 0) is 4.79 Å². The first-order chi connectivity index (χ1) is 9.12. The number of nitriles is 1. The number of carbonyl (C=O) groups excluding carboxylic acids is 1. The average Bonchev–Trinajstić information content (AvgIpc) is 2.47. The smallest absolute Gasteiger partial charge is 0.242 e. The molecule has 1 N–H and O–H groups in total. The molecule has 0 saturated heterocycles. The maximum Gasteiger partial charge on any atom is 0.242 e. The molecule has 19 heavy (non-hydrogen) atoms. The molecule has 0 aromatic heterocycles. The van der Waals surface area contributed by atoms with Gasteiger partial charge in [0.05, 0.1) is 6.07 Å². The van der Waals surface area contributed by atoms with Crippen molar-refractivity contribution in [2.45, 2.75) is 51.5 Å². The lowest BCUT2D eigenvalue weighted by molar-refractivity contribution is -0.123. The molecule has 0 saturated carbocycles. The second kappa shape index (κ2) is 6.94. The van der Waals surface area contributed by atoms with Crippen LogP contribution in [0.3, 0.4) is 0 Å². The molecule has 1 aromatic rings. The van der Waals surface area contributed by atoms with Crippen LogP contribution >= 0.6 is 0 Å². The highest BCUT2D eigenvalue weighted by Gasteiger charge is 2.30. The Kier molecular flexibility index (Phi) is 5.57. The zero-order chi connectivity index (χ0) is 14.3. The molecular formula is C16H22N2O. The quantitative estimate of drug-likeness (QED) is 0.850. The van der Waals surface area contributed by atoms with Gasteiger partial charge in [-0.3, -0.25) is 4.79 Å². The van der Waals surface area contributed by atoms with E-state index in [-0.39, 0.29) is 11.4 Å². The van der Waals surface area contributed by atoms with Crippen LogP contribution in [0.15, 0.2) is 30.3 Å². The molecular weight excluding hydrogens is 236 g/mol. The molecule has 102 valence electrons. The minimum Gasteiger partial charge on any atom is -0.349 e. The van der Waals surface area contributed by atoms with Crippen LogP contribution in [0, 0.1) is 11.3 Å². The van der Waals surface area contributed by atoms with Crippen LogP contribution in [0.1, 0.15) is 51.5 Å². The van der Waals surface area contributed by atoms with Crippen molar-refractivity contribution in [3.8, 4) is 6.07 Å². The fourth-order valence-corrected chi connectivity index (χ4v) is 2.28. The Morgan fingerprint density at radius 1 is 1.21 bits per heavy atom. The summed E-state index contributed by atoms with van der Waals surface area (Å²) in [6.07, 6.45) is 2.62. The molecule has 0 aliphatic carbocycles. The molecule has 1 rings (SSSR count). The zero-order valence-electron chi connectivity index (χ0n) is 11.9. The monoisotopic (exact) mass is 258 g/mol. The summed E-state index contributed by atoms with van der Waals surface area (Å²) < 4.78 is 0. The molecule has 3 nitrogen and oxygen atoms in total. The van der Waals surface area contributed by atoms with E-state index in [1.165, 1.54) is 0 Å². The summed E-state index contributed by atoms with van der Waals surface area (Å²) in [6, 6.07) is 11.3. The second-order valence-corrected chi connectivity index (χ2v) is 4.80. The van der Waals surface area contributed by atoms with Crippen molar-refractivity contribution in [1.29, 1.82) is 5.26 Å². The lowest BCUT2D eigenvalue weighted by Gasteiger charge is -2.32. The molecule has 0 fully saturated rings. The van der Waals surface area contributed by atoms with E-state index < -0.39 is 5.92 Å². The lowest BCUT2D eigenvalue weighted by atomic mass is 9.88. The predicted molar refractivity (Wildman–Crippen MR) is 76.5 cm³/mol. The van der Waals surface area contributed by atoms with Crippen molar-refractivity contribution in [1.82, 2.24) is 5.32 Å². The highest BCUT2D eigenvalue weighted by atomic mass is 16.2. The first-order valence-corrected chi connectivity index (χ1v) is 6.89. The molecule has 0 radical (unpaired) electrons. The van der Waals surface area contributed by atoms with Gasteiger partial charge in [0.1, 0.15) is 5.92 Å². The van der Waals surface area contributed by atoms with Crippen LogP contribution in [0.2, 0.25) is 0 Å². The third-order valence-electron chi connectivity index (χ3n) is 3.94. The average molecular weight is 258 g/mol. The highest BCUT2D eigenvalue weighted by Crippen LogP contribution is 2.22. The van der Waals surface area contributed by atoms with Gasteiger partial charge in [0.2, 0.25) is 5.91 Å². The fourth-order valence-electron chi connectivity index (χ4n) is 2.28. The molecule has 0 bridgehead atoms. The Bertz CT molecular complexity index is 435. The maximum absolute atomic E-state index is 12.3. The standard InChI is InChI=1S/C16H22N2O/c1-4-16(5-2,6-3)18-15(19)14(12-17)13-10-8-7-9-11-13/h7-11,14H,4-6H2,1-3H3,(H,18,19). The van der Waals surface area contributed by atoms with Gasteiger partial charge < -0.3 is 5.32 Å². The summed E-state index contributed by atoms with van der Waals surface area (Å²) in [7, 11) is 0.